The number of hydrogen-bond acceptors (Lipinski definition) is 5. The highest BCUT2D eigenvalue weighted by Crippen LogP contribution is 2.30. The first-order valence-electron chi connectivity index (χ1n) is 12.1. The van der Waals surface area contributed by atoms with E-state index < -0.39 is 0 Å². The van der Waals surface area contributed by atoms with Crippen LogP contribution in [0.5, 0.6) is 17.2 Å². The van der Waals surface area contributed by atoms with Gasteiger partial charge in [0.15, 0.2) is 11.5 Å². The molecule has 0 aliphatic carbocycles. The molecule has 0 aliphatic heterocycles. The smallest absolute Gasteiger partial charge is 0.161 e. The van der Waals surface area contributed by atoms with Crippen LogP contribution in [0.4, 0.5) is 0 Å². The summed E-state index contributed by atoms with van der Waals surface area (Å²) in [6.07, 6.45) is 0. The highest BCUT2D eigenvalue weighted by Gasteiger charge is 2.12. The summed E-state index contributed by atoms with van der Waals surface area (Å²) in [7, 11) is 3.37. The number of ether oxygens (including phenoxy) is 3. The maximum absolute atomic E-state index is 6.05. The Bertz CT molecular complexity index is 1160. The number of rotatable bonds is 12. The summed E-state index contributed by atoms with van der Waals surface area (Å²) in [5.41, 5.74) is 11.7. The lowest BCUT2D eigenvalue weighted by molar-refractivity contribution is 0.246. The van der Waals surface area contributed by atoms with E-state index in [1.165, 1.54) is 11.1 Å². The maximum Gasteiger partial charge on any atom is 0.161 e. The summed E-state index contributed by atoms with van der Waals surface area (Å²) in [5.74, 6) is 2.34. The van der Waals surface area contributed by atoms with Crippen LogP contribution in [-0.4, -0.2) is 19.1 Å². The van der Waals surface area contributed by atoms with Gasteiger partial charge in [0.25, 0.3) is 0 Å². The van der Waals surface area contributed by atoms with Gasteiger partial charge in [0.1, 0.15) is 12.4 Å². The van der Waals surface area contributed by atoms with E-state index in [-0.39, 0.29) is 0 Å². The van der Waals surface area contributed by atoms with Crippen molar-refractivity contribution in [2.45, 2.75) is 32.8 Å². The topological polar surface area (TPSA) is 57.0 Å². The Kier molecular flexibility index (Phi) is 8.98. The highest BCUT2D eigenvalue weighted by molar-refractivity contribution is 5.43. The van der Waals surface area contributed by atoms with Crippen LogP contribution in [0.25, 0.3) is 0 Å². The summed E-state index contributed by atoms with van der Waals surface area (Å²) < 4.78 is 17.0. The summed E-state index contributed by atoms with van der Waals surface area (Å²) >= 11 is 0. The minimum Gasteiger partial charge on any atom is -0.497 e. The Balaban J connectivity index is 1.50. The third-order valence-corrected chi connectivity index (χ3v) is 6.10. The van der Waals surface area contributed by atoms with E-state index in [1.807, 2.05) is 36.4 Å². The van der Waals surface area contributed by atoms with E-state index in [2.05, 4.69) is 65.6 Å². The first kappa shape index (κ1) is 25.3. The zero-order valence-corrected chi connectivity index (χ0v) is 21.0. The van der Waals surface area contributed by atoms with Crippen LogP contribution in [0.1, 0.15) is 27.8 Å². The molecule has 0 atom stereocenters. The molecule has 0 saturated heterocycles. The summed E-state index contributed by atoms with van der Waals surface area (Å²) in [4.78, 5) is 2.42. The van der Waals surface area contributed by atoms with Crippen molar-refractivity contribution in [3.63, 3.8) is 0 Å². The van der Waals surface area contributed by atoms with Gasteiger partial charge in [0.2, 0.25) is 0 Å². The molecule has 0 saturated carbocycles. The van der Waals surface area contributed by atoms with Crippen molar-refractivity contribution >= 4 is 0 Å². The SMILES string of the molecule is COc1ccc(CN(Cc2ccc(CN)cc2)Cc2ccc(OCc3ccccc3)c(OC)c2)cc1. The lowest BCUT2D eigenvalue weighted by Gasteiger charge is -2.24. The van der Waals surface area contributed by atoms with Crippen LogP contribution in [0.15, 0.2) is 97.1 Å². The fourth-order valence-corrected chi connectivity index (χ4v) is 4.12. The van der Waals surface area contributed by atoms with Gasteiger partial charge in [-0.15, -0.1) is 0 Å². The fraction of sp³-hybridized carbons (Fsp3) is 0.226. The first-order chi connectivity index (χ1) is 17.7. The molecule has 4 aromatic rings. The Morgan fingerprint density at radius 1 is 0.583 bits per heavy atom. The Morgan fingerprint density at radius 3 is 1.78 bits per heavy atom. The van der Waals surface area contributed by atoms with E-state index >= 15 is 0 Å². The van der Waals surface area contributed by atoms with E-state index in [9.17, 15) is 0 Å². The number of hydrogen-bond donors (Lipinski definition) is 1. The molecule has 0 aromatic heterocycles. The van der Waals surface area contributed by atoms with Gasteiger partial charge in [-0.2, -0.15) is 0 Å². The Morgan fingerprint density at radius 2 is 1.17 bits per heavy atom. The number of methoxy groups -OCH3 is 2. The quantitative estimate of drug-likeness (QED) is 0.271. The fourth-order valence-electron chi connectivity index (χ4n) is 4.12. The molecule has 0 radical (unpaired) electrons. The highest BCUT2D eigenvalue weighted by atomic mass is 16.5. The van der Waals surface area contributed by atoms with Crippen LogP contribution >= 0.6 is 0 Å². The van der Waals surface area contributed by atoms with Crippen molar-refractivity contribution in [2.75, 3.05) is 14.2 Å². The van der Waals surface area contributed by atoms with E-state index in [1.54, 1.807) is 14.2 Å². The van der Waals surface area contributed by atoms with E-state index in [0.29, 0.717) is 13.2 Å². The molecule has 186 valence electrons. The molecule has 36 heavy (non-hydrogen) atoms. The Hall–Kier alpha value is -3.80. The van der Waals surface area contributed by atoms with Gasteiger partial charge >= 0.3 is 0 Å². The van der Waals surface area contributed by atoms with Gasteiger partial charge in [0.05, 0.1) is 14.2 Å². The van der Waals surface area contributed by atoms with Crippen molar-refractivity contribution in [3.05, 3.63) is 125 Å². The molecule has 0 bridgehead atoms. The minimum absolute atomic E-state index is 0.499. The predicted molar refractivity (Wildman–Crippen MR) is 144 cm³/mol. The zero-order chi connectivity index (χ0) is 25.2. The second-order valence-corrected chi connectivity index (χ2v) is 8.77. The van der Waals surface area contributed by atoms with Crippen molar-refractivity contribution < 1.29 is 14.2 Å². The number of benzene rings is 4. The van der Waals surface area contributed by atoms with Gasteiger partial charge in [0, 0.05) is 26.2 Å². The average molecular weight is 483 g/mol. The van der Waals surface area contributed by atoms with E-state index in [4.69, 9.17) is 19.9 Å². The van der Waals surface area contributed by atoms with Crippen LogP contribution in [0.2, 0.25) is 0 Å². The van der Waals surface area contributed by atoms with Gasteiger partial charge < -0.3 is 19.9 Å². The second-order valence-electron chi connectivity index (χ2n) is 8.77. The van der Waals surface area contributed by atoms with Gasteiger partial charge in [-0.25, -0.2) is 0 Å². The maximum atomic E-state index is 6.05. The third kappa shape index (κ3) is 7.11. The van der Waals surface area contributed by atoms with Crippen molar-refractivity contribution in [1.82, 2.24) is 4.90 Å². The average Bonchev–Trinajstić information content (AvgIpc) is 2.93. The van der Waals surface area contributed by atoms with Crippen LogP contribution in [-0.2, 0) is 32.8 Å². The predicted octanol–water partition coefficient (Wildman–Crippen LogP) is 5.94. The molecule has 5 heteroatoms. The van der Waals surface area contributed by atoms with E-state index in [0.717, 1.165) is 53.6 Å². The molecule has 2 N–H and O–H groups in total. The zero-order valence-electron chi connectivity index (χ0n) is 21.0. The van der Waals surface area contributed by atoms with Crippen LogP contribution in [0.3, 0.4) is 0 Å². The van der Waals surface area contributed by atoms with Crippen molar-refractivity contribution in [1.29, 1.82) is 0 Å². The lowest BCUT2D eigenvalue weighted by Crippen LogP contribution is -2.22. The molecule has 5 nitrogen and oxygen atoms in total. The molecule has 4 rings (SSSR count). The van der Waals surface area contributed by atoms with Gasteiger partial charge in [-0.05, 0) is 52.1 Å². The monoisotopic (exact) mass is 482 g/mol. The first-order valence-corrected chi connectivity index (χ1v) is 12.1. The second kappa shape index (κ2) is 12.8. The molecule has 4 aromatic carbocycles. The van der Waals surface area contributed by atoms with Gasteiger partial charge in [-0.3, -0.25) is 4.90 Å². The molecule has 0 amide bonds. The lowest BCUT2D eigenvalue weighted by atomic mass is 10.1. The molecule has 0 spiro atoms. The largest absolute Gasteiger partial charge is 0.497 e. The minimum atomic E-state index is 0.499. The van der Waals surface area contributed by atoms with Crippen molar-refractivity contribution in [3.8, 4) is 17.2 Å². The van der Waals surface area contributed by atoms with Crippen LogP contribution < -0.4 is 19.9 Å². The van der Waals surface area contributed by atoms with Crippen LogP contribution in [0, 0.1) is 0 Å². The van der Waals surface area contributed by atoms with Crippen molar-refractivity contribution in [2.24, 2.45) is 5.73 Å². The molecule has 0 heterocycles. The molecular weight excluding hydrogens is 448 g/mol. The Labute approximate surface area is 214 Å². The van der Waals surface area contributed by atoms with Gasteiger partial charge in [-0.1, -0.05) is 72.8 Å². The number of nitrogens with zero attached hydrogens (tertiary/aromatic N) is 1. The molecular formula is C31H34N2O3. The summed E-state index contributed by atoms with van der Waals surface area (Å²) in [6.45, 7) is 3.43. The molecule has 0 aliphatic rings. The summed E-state index contributed by atoms with van der Waals surface area (Å²) in [5, 5.41) is 0. The standard InChI is InChI=1S/C31H34N2O3/c1-34-29-15-12-26(13-16-29)21-33(20-25-10-8-24(19-32)9-11-25)22-28-14-17-30(31(18-28)35-2)36-23-27-6-4-3-5-7-27/h3-18H,19-23,32H2,1-2H3. The number of nitrogens with two attached hydrogens (primary N) is 1. The third-order valence-electron chi connectivity index (χ3n) is 6.10. The summed E-state index contributed by atoms with van der Waals surface area (Å²) in [6, 6.07) is 33.1. The molecule has 0 unspecified atom stereocenters. The molecule has 0 fully saturated rings. The normalized spacial score (nSPS) is 10.9.